The zero-order chi connectivity index (χ0) is 15.4. The lowest BCUT2D eigenvalue weighted by molar-refractivity contribution is -0.144. The van der Waals surface area contributed by atoms with Crippen molar-refractivity contribution in [2.24, 2.45) is 11.7 Å². The van der Waals surface area contributed by atoms with Crippen molar-refractivity contribution >= 4 is 23.6 Å². The van der Waals surface area contributed by atoms with E-state index >= 15 is 0 Å². The average Bonchev–Trinajstić information content (AvgIpc) is 2.48. The molecule has 0 spiro atoms. The summed E-state index contributed by atoms with van der Waals surface area (Å²) < 4.78 is 0. The van der Waals surface area contributed by atoms with Gasteiger partial charge in [0, 0.05) is 23.9 Å². The van der Waals surface area contributed by atoms with Crippen molar-refractivity contribution in [3.05, 3.63) is 29.8 Å². The summed E-state index contributed by atoms with van der Waals surface area (Å²) >= 11 is 1.55. The molecule has 0 saturated carbocycles. The number of likely N-dealkylation sites (tertiary alicyclic amines) is 1. The molecule has 1 amide bonds. The summed E-state index contributed by atoms with van der Waals surface area (Å²) in [7, 11) is 0. The fraction of sp³-hybridized carbons (Fsp3) is 0.467. The molecule has 6 heteroatoms. The van der Waals surface area contributed by atoms with Gasteiger partial charge in [-0.2, -0.15) is 0 Å². The average molecular weight is 308 g/mol. The minimum atomic E-state index is -0.853. The van der Waals surface area contributed by atoms with E-state index in [1.165, 1.54) is 0 Å². The summed E-state index contributed by atoms with van der Waals surface area (Å²) in [5.74, 6) is -1.27. The Morgan fingerprint density at radius 2 is 1.95 bits per heavy atom. The molecule has 1 aliphatic rings. The van der Waals surface area contributed by atoms with Gasteiger partial charge in [0.05, 0.1) is 0 Å². The molecule has 0 radical (unpaired) electrons. The van der Waals surface area contributed by atoms with Crippen LogP contribution in [0.4, 0.5) is 0 Å². The molecule has 5 nitrogen and oxygen atoms in total. The maximum Gasteiger partial charge on any atom is 0.325 e. The third kappa shape index (κ3) is 3.57. The first-order chi connectivity index (χ1) is 10.0. The van der Waals surface area contributed by atoms with E-state index in [0.29, 0.717) is 25.9 Å². The second-order valence-electron chi connectivity index (χ2n) is 5.20. The van der Waals surface area contributed by atoms with Crippen LogP contribution in [0, 0.1) is 5.92 Å². The quantitative estimate of drug-likeness (QED) is 0.809. The van der Waals surface area contributed by atoms with Gasteiger partial charge in [-0.05, 0) is 30.7 Å². The fourth-order valence-electron chi connectivity index (χ4n) is 2.82. The molecule has 0 unspecified atom stereocenters. The molecule has 1 aliphatic heterocycles. The van der Waals surface area contributed by atoms with Gasteiger partial charge >= 0.3 is 5.97 Å². The lowest BCUT2D eigenvalue weighted by Gasteiger charge is -2.35. The van der Waals surface area contributed by atoms with Crippen LogP contribution in [0.5, 0.6) is 0 Å². The number of nitrogens with two attached hydrogens (primary N) is 1. The van der Waals surface area contributed by atoms with Crippen molar-refractivity contribution in [3.8, 4) is 0 Å². The van der Waals surface area contributed by atoms with Crippen LogP contribution >= 0.6 is 11.8 Å². The van der Waals surface area contributed by atoms with Crippen LogP contribution in [0.15, 0.2) is 29.2 Å². The Labute approximate surface area is 128 Å². The Bertz CT molecular complexity index is 527. The zero-order valence-electron chi connectivity index (χ0n) is 12.0. The molecule has 2 rings (SSSR count). The van der Waals surface area contributed by atoms with Crippen LogP contribution in [-0.4, -0.2) is 41.2 Å². The number of primary amides is 1. The largest absolute Gasteiger partial charge is 0.480 e. The number of piperidine rings is 1. The molecule has 1 aromatic rings. The van der Waals surface area contributed by atoms with Crippen LogP contribution < -0.4 is 5.73 Å². The molecule has 1 fully saturated rings. The standard InChI is InChI=1S/C15H20N2O3S/c1-21-12-5-3-2-4-11(12)13(15(19)20)17-8-6-10(7-9-17)14(16)18/h2-5,10,13H,6-9H2,1H3,(H2,16,18)(H,19,20)/t13-/m1/s1. The van der Waals surface area contributed by atoms with Crippen LogP contribution in [0.2, 0.25) is 0 Å². The van der Waals surface area contributed by atoms with E-state index in [0.717, 1.165) is 10.5 Å². The van der Waals surface area contributed by atoms with Gasteiger partial charge in [0.1, 0.15) is 6.04 Å². The second kappa shape index (κ2) is 6.95. The Morgan fingerprint density at radius 1 is 1.33 bits per heavy atom. The number of amides is 1. The Kier molecular flexibility index (Phi) is 5.25. The van der Waals surface area contributed by atoms with E-state index in [9.17, 15) is 14.7 Å². The van der Waals surface area contributed by atoms with Crippen molar-refractivity contribution in [1.29, 1.82) is 0 Å². The molecule has 1 aromatic carbocycles. The summed E-state index contributed by atoms with van der Waals surface area (Å²) in [4.78, 5) is 25.9. The number of thioether (sulfide) groups is 1. The van der Waals surface area contributed by atoms with Gasteiger partial charge in [0.25, 0.3) is 0 Å². The first kappa shape index (κ1) is 15.9. The monoisotopic (exact) mass is 308 g/mol. The van der Waals surface area contributed by atoms with Crippen molar-refractivity contribution in [2.75, 3.05) is 19.3 Å². The minimum absolute atomic E-state index is 0.133. The third-order valence-corrected chi connectivity index (χ3v) is 4.78. The van der Waals surface area contributed by atoms with E-state index in [4.69, 9.17) is 5.73 Å². The number of carbonyl (C=O) groups is 2. The van der Waals surface area contributed by atoms with Gasteiger partial charge in [-0.1, -0.05) is 18.2 Å². The smallest absolute Gasteiger partial charge is 0.325 e. The minimum Gasteiger partial charge on any atom is -0.480 e. The second-order valence-corrected chi connectivity index (χ2v) is 6.04. The lowest BCUT2D eigenvalue weighted by atomic mass is 9.93. The van der Waals surface area contributed by atoms with Crippen LogP contribution in [-0.2, 0) is 9.59 Å². The molecule has 1 heterocycles. The molecular formula is C15H20N2O3S. The third-order valence-electron chi connectivity index (χ3n) is 3.96. The van der Waals surface area contributed by atoms with Gasteiger partial charge in [-0.25, -0.2) is 0 Å². The summed E-state index contributed by atoms with van der Waals surface area (Å²) in [6, 6.07) is 6.91. The van der Waals surface area contributed by atoms with Gasteiger partial charge in [-0.15, -0.1) is 11.8 Å². The van der Waals surface area contributed by atoms with Gasteiger partial charge < -0.3 is 10.8 Å². The van der Waals surface area contributed by atoms with Crippen molar-refractivity contribution in [2.45, 2.75) is 23.8 Å². The number of hydrogen-bond donors (Lipinski definition) is 2. The normalized spacial score (nSPS) is 18.3. The maximum atomic E-state index is 11.7. The van der Waals surface area contributed by atoms with Crippen LogP contribution in [0.25, 0.3) is 0 Å². The summed E-state index contributed by atoms with van der Waals surface area (Å²) in [6.07, 6.45) is 3.19. The molecule has 1 saturated heterocycles. The molecule has 1 atom stereocenters. The first-order valence-corrected chi connectivity index (χ1v) is 8.16. The Balaban J connectivity index is 2.21. The first-order valence-electron chi connectivity index (χ1n) is 6.93. The van der Waals surface area contributed by atoms with Gasteiger partial charge in [0.15, 0.2) is 0 Å². The highest BCUT2D eigenvalue weighted by Gasteiger charge is 2.33. The number of carboxylic acids is 1. The van der Waals surface area contributed by atoms with E-state index in [1.807, 2.05) is 35.4 Å². The fourth-order valence-corrected chi connectivity index (χ4v) is 3.45. The van der Waals surface area contributed by atoms with Crippen molar-refractivity contribution in [3.63, 3.8) is 0 Å². The predicted molar refractivity (Wildman–Crippen MR) is 82.1 cm³/mol. The number of rotatable bonds is 5. The van der Waals surface area contributed by atoms with Gasteiger partial charge in [0.2, 0.25) is 5.91 Å². The van der Waals surface area contributed by atoms with Crippen molar-refractivity contribution in [1.82, 2.24) is 4.90 Å². The van der Waals surface area contributed by atoms with Crippen LogP contribution in [0.1, 0.15) is 24.4 Å². The summed E-state index contributed by atoms with van der Waals surface area (Å²) in [5.41, 5.74) is 6.14. The molecule has 21 heavy (non-hydrogen) atoms. The number of carboxylic acid groups (broad SMARTS) is 1. The SMILES string of the molecule is CSc1ccccc1[C@H](C(=O)O)N1CCC(C(N)=O)CC1. The highest BCUT2D eigenvalue weighted by molar-refractivity contribution is 7.98. The molecule has 0 aliphatic carbocycles. The highest BCUT2D eigenvalue weighted by atomic mass is 32.2. The molecule has 0 aromatic heterocycles. The topological polar surface area (TPSA) is 83.6 Å². The number of aliphatic carboxylic acids is 1. The molecule has 0 bridgehead atoms. The Morgan fingerprint density at radius 3 is 2.48 bits per heavy atom. The van der Waals surface area contributed by atoms with Gasteiger partial charge in [-0.3, -0.25) is 14.5 Å². The number of hydrogen-bond acceptors (Lipinski definition) is 4. The zero-order valence-corrected chi connectivity index (χ0v) is 12.8. The number of benzene rings is 1. The summed E-state index contributed by atoms with van der Waals surface area (Å²) in [6.45, 7) is 1.15. The Hall–Kier alpha value is -1.53. The lowest BCUT2D eigenvalue weighted by Crippen LogP contribution is -2.43. The van der Waals surface area contributed by atoms with E-state index in [-0.39, 0.29) is 11.8 Å². The molecular weight excluding hydrogens is 288 g/mol. The number of nitrogens with zero attached hydrogens (tertiary/aromatic N) is 1. The van der Waals surface area contributed by atoms with Crippen molar-refractivity contribution < 1.29 is 14.7 Å². The van der Waals surface area contributed by atoms with E-state index in [1.54, 1.807) is 11.8 Å². The maximum absolute atomic E-state index is 11.7. The molecule has 114 valence electrons. The van der Waals surface area contributed by atoms with E-state index in [2.05, 4.69) is 0 Å². The molecule has 3 N–H and O–H groups in total. The van der Waals surface area contributed by atoms with Crippen LogP contribution in [0.3, 0.4) is 0 Å². The van der Waals surface area contributed by atoms with E-state index < -0.39 is 12.0 Å². The summed E-state index contributed by atoms with van der Waals surface area (Å²) in [5, 5.41) is 9.63. The highest BCUT2D eigenvalue weighted by Crippen LogP contribution is 2.32. The predicted octanol–water partition coefficient (Wildman–Crippen LogP) is 1.73. The number of carbonyl (C=O) groups excluding carboxylic acids is 1.